The van der Waals surface area contributed by atoms with Crippen molar-refractivity contribution >= 4 is 69.1 Å². The molecule has 0 saturated carbocycles. The molecule has 0 radical (unpaired) electrons. The van der Waals surface area contributed by atoms with Crippen molar-refractivity contribution in [2.24, 2.45) is 0 Å². The number of benzene rings is 2. The Balaban J connectivity index is 0.00000100. The quantitative estimate of drug-likeness (QED) is 0.0410. The molecule has 0 aliphatic heterocycles. The van der Waals surface area contributed by atoms with E-state index in [1.165, 1.54) is 191 Å². The van der Waals surface area contributed by atoms with Crippen LogP contribution >= 0.6 is 0 Å². The summed E-state index contributed by atoms with van der Waals surface area (Å²) >= 11 is 0. The Hall–Kier alpha value is -0.169. The number of unbranched alkanes of at least 4 members (excludes halogenated alkanes) is 26. The molecule has 2 aromatic rings. The van der Waals surface area contributed by atoms with Gasteiger partial charge in [0.1, 0.15) is 20.2 Å². The average molecular weight is 901 g/mol. The predicted octanol–water partition coefficient (Wildman–Crippen LogP) is 12.8. The van der Waals surface area contributed by atoms with Gasteiger partial charge in [-0.05, 0) is 61.1 Å². The number of hydrogen-bond acceptors (Lipinski definition) is 6. The summed E-state index contributed by atoms with van der Waals surface area (Å²) < 4.78 is 66.2. The fourth-order valence-electron chi connectivity index (χ4n) is 6.76. The van der Waals surface area contributed by atoms with Crippen molar-refractivity contribution in [1.29, 1.82) is 0 Å². The van der Waals surface area contributed by atoms with Crippen LogP contribution in [0.15, 0.2) is 58.3 Å². The van der Waals surface area contributed by atoms with Crippen molar-refractivity contribution in [3.8, 4) is 0 Å². The van der Waals surface area contributed by atoms with E-state index in [2.05, 4.69) is 13.8 Å². The predicted molar refractivity (Wildman–Crippen MR) is 223 cm³/mol. The van der Waals surface area contributed by atoms with Crippen LogP contribution in [-0.4, -0.2) is 74.8 Å². The van der Waals surface area contributed by atoms with Crippen LogP contribution in [0.2, 0.25) is 0 Å². The molecule has 300 valence electrons. The fourth-order valence-corrected chi connectivity index (χ4v) is 7.84. The molecule has 0 aromatic heterocycles. The van der Waals surface area contributed by atoms with Gasteiger partial charge in [0, 0.05) is 0 Å². The van der Waals surface area contributed by atoms with E-state index < -0.39 is 20.2 Å². The first-order valence-electron chi connectivity index (χ1n) is 21.2. The fraction of sp³-hybridized carbons (Fsp3) is 0.727. The van der Waals surface area contributed by atoms with Crippen molar-refractivity contribution in [2.75, 3.05) is 0 Å². The Kier molecular flexibility index (Phi) is 34.9. The van der Waals surface area contributed by atoms with E-state index in [1.54, 1.807) is 12.1 Å². The zero-order valence-electron chi connectivity index (χ0n) is 33.8. The molecule has 2 aromatic carbocycles. The molecule has 0 spiro atoms. The van der Waals surface area contributed by atoms with Gasteiger partial charge in [-0.25, -0.2) is 16.8 Å². The Morgan fingerprint density at radius 1 is 0.377 bits per heavy atom. The van der Waals surface area contributed by atoms with E-state index >= 15 is 0 Å². The van der Waals surface area contributed by atoms with Gasteiger partial charge in [0.05, 0.1) is 9.79 Å². The second-order valence-corrected chi connectivity index (χ2v) is 17.7. The molecular weight excluding hydrogens is 826 g/mol. The summed E-state index contributed by atoms with van der Waals surface area (Å²) in [5, 5.41) is 0. The third kappa shape index (κ3) is 31.6. The molecule has 53 heavy (non-hydrogen) atoms. The van der Waals surface area contributed by atoms with E-state index in [9.17, 15) is 25.9 Å². The third-order valence-corrected chi connectivity index (χ3v) is 11.7. The van der Waals surface area contributed by atoms with Crippen LogP contribution in [-0.2, 0) is 33.1 Å². The van der Waals surface area contributed by atoms with Crippen LogP contribution in [0.25, 0.3) is 0 Å². The van der Waals surface area contributed by atoms with Gasteiger partial charge in [-0.2, -0.15) is 0 Å². The molecule has 2 rings (SSSR count). The molecule has 0 aliphatic rings. The minimum Gasteiger partial charge on any atom is -0.744 e. The average Bonchev–Trinajstić information content (AvgIpc) is 3.12. The molecule has 0 atom stereocenters. The van der Waals surface area contributed by atoms with Gasteiger partial charge in [0.2, 0.25) is 0 Å². The Bertz CT molecular complexity index is 1240. The van der Waals surface area contributed by atoms with E-state index in [-0.39, 0.29) is 58.7 Å². The van der Waals surface area contributed by atoms with Crippen molar-refractivity contribution in [3.63, 3.8) is 0 Å². The van der Waals surface area contributed by atoms with Crippen LogP contribution < -0.4 is 0 Å². The Labute approximate surface area is 367 Å². The van der Waals surface area contributed by atoms with E-state index in [0.717, 1.165) is 36.8 Å². The first-order chi connectivity index (χ1) is 25.1. The van der Waals surface area contributed by atoms with Gasteiger partial charge in [-0.15, -0.1) is 0 Å². The molecule has 0 N–H and O–H groups in total. The number of rotatable bonds is 32. The van der Waals surface area contributed by atoms with Crippen LogP contribution in [0.3, 0.4) is 0 Å². The minimum atomic E-state index is -4.33. The smallest absolute Gasteiger partial charge is 0.744 e. The second kappa shape index (κ2) is 35.0. The molecule has 0 amide bonds. The normalized spacial score (nSPS) is 11.5. The number of aryl methyl sites for hydroxylation is 2. The molecule has 6 nitrogen and oxygen atoms in total. The van der Waals surface area contributed by atoms with Gasteiger partial charge in [-0.1, -0.05) is 205 Å². The summed E-state index contributed by atoms with van der Waals surface area (Å²) in [6, 6.07) is 12.9. The monoisotopic (exact) mass is 900 g/mol. The Morgan fingerprint density at radius 3 is 0.830 bits per heavy atom. The van der Waals surface area contributed by atoms with E-state index in [4.69, 9.17) is 0 Å². The van der Waals surface area contributed by atoms with Gasteiger partial charge in [0.15, 0.2) is 0 Å². The first-order valence-corrected chi connectivity index (χ1v) is 24.0. The van der Waals surface area contributed by atoms with Crippen molar-refractivity contribution < 1.29 is 25.9 Å². The van der Waals surface area contributed by atoms with E-state index in [1.807, 2.05) is 12.1 Å². The van der Waals surface area contributed by atoms with Crippen molar-refractivity contribution in [3.05, 3.63) is 59.7 Å². The summed E-state index contributed by atoms with van der Waals surface area (Å²) in [7, 11) is -8.67. The molecule has 0 heterocycles. The van der Waals surface area contributed by atoms with Crippen molar-refractivity contribution in [1.82, 2.24) is 0 Å². The maximum absolute atomic E-state index is 11.0. The van der Waals surface area contributed by atoms with Crippen LogP contribution in [0.4, 0.5) is 0 Å². The van der Waals surface area contributed by atoms with Gasteiger partial charge >= 0.3 is 48.9 Å². The Morgan fingerprint density at radius 2 is 0.604 bits per heavy atom. The van der Waals surface area contributed by atoms with Gasteiger partial charge in [-0.3, -0.25) is 0 Å². The maximum Gasteiger partial charge on any atom is 2.00 e. The first kappa shape index (κ1) is 52.8. The van der Waals surface area contributed by atoms with E-state index in [0.29, 0.717) is 0 Å². The second-order valence-electron chi connectivity index (χ2n) is 14.9. The molecule has 0 unspecified atom stereocenters. The topological polar surface area (TPSA) is 114 Å². The summed E-state index contributed by atoms with van der Waals surface area (Å²) in [6.07, 6.45) is 38.9. The number of hydrogen-bond donors (Lipinski definition) is 0. The molecular formula is C44H74BaO6S2. The maximum atomic E-state index is 11.0. The summed E-state index contributed by atoms with van der Waals surface area (Å²) in [5.74, 6) is 0. The molecule has 0 fully saturated rings. The standard InChI is InChI=1S/2C22H38O3S.Ba/c2*1-2-3-4-5-6-7-8-9-10-11-12-13-14-15-17-21-18-16-19-22(20-21)26(23,24)25;/h2*16,18-20H,2-15,17H2,1H3,(H,23,24,25);/q;;+2/p-2. The van der Waals surface area contributed by atoms with Crippen LogP contribution in [0, 0.1) is 0 Å². The summed E-state index contributed by atoms with van der Waals surface area (Å²) in [4.78, 5) is -0.222. The molecule has 0 saturated heterocycles. The minimum absolute atomic E-state index is 0. The van der Waals surface area contributed by atoms with Crippen molar-refractivity contribution in [2.45, 2.75) is 216 Å². The molecule has 9 heteroatoms. The summed E-state index contributed by atoms with van der Waals surface area (Å²) in [5.41, 5.74) is 1.89. The third-order valence-electron chi connectivity index (χ3n) is 10.0. The SMILES string of the molecule is CCCCCCCCCCCCCCCCc1cccc(S(=O)(=O)[O-])c1.CCCCCCCCCCCCCCCCc1cccc(S(=O)(=O)[O-])c1.[Ba+2]. The zero-order chi connectivity index (χ0) is 38.2. The van der Waals surface area contributed by atoms with Crippen LogP contribution in [0.5, 0.6) is 0 Å². The largest absolute Gasteiger partial charge is 2.00 e. The molecule has 0 bridgehead atoms. The van der Waals surface area contributed by atoms with Crippen LogP contribution in [0.1, 0.15) is 205 Å². The summed E-state index contributed by atoms with van der Waals surface area (Å²) in [6.45, 7) is 4.53. The van der Waals surface area contributed by atoms with Gasteiger partial charge in [0.25, 0.3) is 0 Å². The zero-order valence-corrected chi connectivity index (χ0v) is 39.9. The molecule has 0 aliphatic carbocycles. The van der Waals surface area contributed by atoms with Gasteiger partial charge < -0.3 is 9.11 Å².